The largest absolute Gasteiger partial charge is 0.352 e. The van der Waals surface area contributed by atoms with E-state index in [1.807, 2.05) is 37.5 Å². The minimum atomic E-state index is -0.396. The van der Waals surface area contributed by atoms with E-state index >= 15 is 0 Å². The molecule has 1 aromatic heterocycles. The van der Waals surface area contributed by atoms with Gasteiger partial charge in [0.2, 0.25) is 5.91 Å². The van der Waals surface area contributed by atoms with Gasteiger partial charge in [-0.25, -0.2) is 4.98 Å². The maximum Gasteiger partial charge on any atom is 0.225 e. The van der Waals surface area contributed by atoms with Crippen LogP contribution in [0.4, 0.5) is 0 Å². The van der Waals surface area contributed by atoms with Crippen molar-refractivity contribution in [3.8, 4) is 0 Å². The van der Waals surface area contributed by atoms with E-state index in [0.29, 0.717) is 6.54 Å². The van der Waals surface area contributed by atoms with Gasteiger partial charge in [0.05, 0.1) is 23.3 Å². The summed E-state index contributed by atoms with van der Waals surface area (Å²) in [5, 5.41) is 3.10. The quantitative estimate of drug-likeness (QED) is 0.714. The third-order valence-electron chi connectivity index (χ3n) is 5.91. The lowest BCUT2D eigenvalue weighted by molar-refractivity contribution is -0.128. The minimum absolute atomic E-state index is 0.0794. The van der Waals surface area contributed by atoms with Gasteiger partial charge in [-0.2, -0.15) is 0 Å². The van der Waals surface area contributed by atoms with Crippen LogP contribution in [0.25, 0.3) is 11.0 Å². The first-order valence-corrected chi connectivity index (χ1v) is 10.1. The summed E-state index contributed by atoms with van der Waals surface area (Å²) in [6.45, 7) is 3.29. The lowest BCUT2D eigenvalue weighted by Gasteiger charge is -2.37. The number of rotatable bonds is 5. The molecule has 1 saturated carbocycles. The number of imidazole rings is 1. The second-order valence-corrected chi connectivity index (χ2v) is 8.20. The zero-order chi connectivity index (χ0) is 19.6. The molecule has 5 heteroatoms. The Hall–Kier alpha value is -2.66. The molecule has 4 rings (SSSR count). The lowest BCUT2D eigenvalue weighted by Crippen LogP contribution is -2.52. The van der Waals surface area contributed by atoms with Gasteiger partial charge in [0.15, 0.2) is 0 Å². The molecule has 1 aliphatic carbocycles. The number of nitrogens with two attached hydrogens (primary N) is 1. The summed E-state index contributed by atoms with van der Waals surface area (Å²) in [6, 6.07) is 16.5. The molecule has 28 heavy (non-hydrogen) atoms. The van der Waals surface area contributed by atoms with Crippen molar-refractivity contribution in [2.24, 2.45) is 11.7 Å². The Balaban J connectivity index is 1.42. The van der Waals surface area contributed by atoms with Gasteiger partial charge in [-0.05, 0) is 43.0 Å². The fourth-order valence-electron chi connectivity index (χ4n) is 4.27. The molecule has 3 aromatic rings. The molecule has 0 saturated heterocycles. The van der Waals surface area contributed by atoms with Crippen molar-refractivity contribution < 1.29 is 4.79 Å². The molecule has 0 bridgehead atoms. The van der Waals surface area contributed by atoms with Gasteiger partial charge in [0, 0.05) is 18.6 Å². The lowest BCUT2D eigenvalue weighted by atomic mass is 9.74. The van der Waals surface area contributed by atoms with Crippen LogP contribution in [0.5, 0.6) is 0 Å². The first-order chi connectivity index (χ1) is 13.5. The number of amides is 1. The van der Waals surface area contributed by atoms with Crippen molar-refractivity contribution in [1.29, 1.82) is 0 Å². The van der Waals surface area contributed by atoms with Gasteiger partial charge in [0.1, 0.15) is 0 Å². The molecule has 2 unspecified atom stereocenters. The number of para-hydroxylation sites is 2. The highest BCUT2D eigenvalue weighted by Crippen LogP contribution is 2.31. The molecule has 5 nitrogen and oxygen atoms in total. The van der Waals surface area contributed by atoms with Crippen LogP contribution in [0.1, 0.15) is 43.7 Å². The highest BCUT2D eigenvalue weighted by Gasteiger charge is 2.37. The molecular weight excluding hydrogens is 348 g/mol. The zero-order valence-electron chi connectivity index (χ0n) is 16.4. The smallest absolute Gasteiger partial charge is 0.225 e. The van der Waals surface area contributed by atoms with Gasteiger partial charge in [-0.1, -0.05) is 49.2 Å². The molecule has 2 atom stereocenters. The molecule has 1 heterocycles. The van der Waals surface area contributed by atoms with Gasteiger partial charge in [0.25, 0.3) is 0 Å². The highest BCUT2D eigenvalue weighted by molar-refractivity contribution is 5.80. The molecule has 1 amide bonds. The van der Waals surface area contributed by atoms with Crippen molar-refractivity contribution in [3.63, 3.8) is 0 Å². The summed E-state index contributed by atoms with van der Waals surface area (Å²) < 4.78 is 2.15. The summed E-state index contributed by atoms with van der Waals surface area (Å²) >= 11 is 0. The van der Waals surface area contributed by atoms with E-state index in [2.05, 4.69) is 39.1 Å². The third-order valence-corrected chi connectivity index (χ3v) is 5.91. The number of carbonyl (C=O) groups is 1. The predicted octanol–water partition coefficient (Wildman–Crippen LogP) is 3.61. The van der Waals surface area contributed by atoms with E-state index in [0.717, 1.165) is 48.8 Å². The van der Waals surface area contributed by atoms with Gasteiger partial charge < -0.3 is 15.6 Å². The van der Waals surface area contributed by atoms with Crippen LogP contribution in [-0.4, -0.2) is 21.0 Å². The van der Waals surface area contributed by atoms with Crippen molar-refractivity contribution in [2.45, 2.75) is 51.2 Å². The zero-order valence-corrected chi connectivity index (χ0v) is 16.4. The fourth-order valence-corrected chi connectivity index (χ4v) is 4.27. The predicted molar refractivity (Wildman–Crippen MR) is 112 cm³/mol. The fraction of sp³-hybridized carbons (Fsp3) is 0.391. The Bertz CT molecular complexity index is 975. The highest BCUT2D eigenvalue weighted by atomic mass is 16.1. The van der Waals surface area contributed by atoms with Crippen LogP contribution in [0, 0.1) is 5.92 Å². The normalized spacial score (nSPS) is 22.3. The van der Waals surface area contributed by atoms with E-state index in [9.17, 15) is 4.79 Å². The van der Waals surface area contributed by atoms with Crippen LogP contribution in [0.15, 0.2) is 54.9 Å². The second kappa shape index (κ2) is 7.76. The van der Waals surface area contributed by atoms with E-state index < -0.39 is 5.54 Å². The van der Waals surface area contributed by atoms with E-state index in [4.69, 9.17) is 5.73 Å². The Kier molecular flexibility index (Phi) is 5.18. The van der Waals surface area contributed by atoms with Crippen molar-refractivity contribution >= 4 is 16.9 Å². The average molecular weight is 377 g/mol. The van der Waals surface area contributed by atoms with Crippen LogP contribution in [-0.2, 0) is 17.9 Å². The molecule has 1 fully saturated rings. The van der Waals surface area contributed by atoms with Crippen LogP contribution in [0.2, 0.25) is 0 Å². The van der Waals surface area contributed by atoms with E-state index in [-0.39, 0.29) is 11.8 Å². The van der Waals surface area contributed by atoms with Gasteiger partial charge in [-0.3, -0.25) is 4.79 Å². The average Bonchev–Trinajstić information content (AvgIpc) is 3.09. The number of fused-ring (bicyclic) bond motifs is 1. The number of carbonyl (C=O) groups excluding carboxylic acids is 1. The Morgan fingerprint density at radius 3 is 2.89 bits per heavy atom. The number of nitrogens with zero attached hydrogens (tertiary/aromatic N) is 2. The molecule has 3 N–H and O–H groups in total. The third kappa shape index (κ3) is 3.94. The molecule has 0 aliphatic heterocycles. The summed E-state index contributed by atoms with van der Waals surface area (Å²) in [4.78, 5) is 17.1. The first-order valence-electron chi connectivity index (χ1n) is 10.1. The first kappa shape index (κ1) is 18.7. The number of hydrogen-bond acceptors (Lipinski definition) is 3. The molecule has 1 aliphatic rings. The molecule has 0 radical (unpaired) electrons. The standard InChI is InChI=1S/C23H28N4O/c1-23(24)12-5-4-9-19(23)22(28)25-14-17-7-6-8-18(13-17)15-27-16-26-20-10-2-3-11-21(20)27/h2-3,6-8,10-11,13,16,19H,4-5,9,12,14-15,24H2,1H3,(H,25,28). The minimum Gasteiger partial charge on any atom is -0.352 e. The van der Waals surface area contributed by atoms with Crippen molar-refractivity contribution in [2.75, 3.05) is 0 Å². The second-order valence-electron chi connectivity index (χ2n) is 8.20. The van der Waals surface area contributed by atoms with Crippen LogP contribution >= 0.6 is 0 Å². The van der Waals surface area contributed by atoms with Crippen molar-refractivity contribution in [1.82, 2.24) is 14.9 Å². The van der Waals surface area contributed by atoms with Gasteiger partial charge >= 0.3 is 0 Å². The number of aromatic nitrogens is 2. The number of benzene rings is 2. The van der Waals surface area contributed by atoms with Crippen LogP contribution in [0.3, 0.4) is 0 Å². The van der Waals surface area contributed by atoms with Crippen LogP contribution < -0.4 is 11.1 Å². The molecule has 2 aromatic carbocycles. The van der Waals surface area contributed by atoms with Crippen molar-refractivity contribution in [3.05, 3.63) is 66.0 Å². The molecule has 0 spiro atoms. The number of hydrogen-bond donors (Lipinski definition) is 2. The Morgan fingerprint density at radius 2 is 2.04 bits per heavy atom. The summed E-state index contributed by atoms with van der Waals surface area (Å²) in [5.74, 6) is -0.0162. The Labute approximate surface area is 166 Å². The topological polar surface area (TPSA) is 72.9 Å². The summed E-state index contributed by atoms with van der Waals surface area (Å²) in [6.07, 6.45) is 5.87. The Morgan fingerprint density at radius 1 is 1.21 bits per heavy atom. The van der Waals surface area contributed by atoms with E-state index in [1.54, 1.807) is 0 Å². The summed E-state index contributed by atoms with van der Waals surface area (Å²) in [7, 11) is 0. The van der Waals surface area contributed by atoms with E-state index in [1.165, 1.54) is 5.56 Å². The SMILES string of the molecule is CC1(N)CCCCC1C(=O)NCc1cccc(Cn2cnc3ccccc32)c1. The number of nitrogens with one attached hydrogen (secondary N) is 1. The monoisotopic (exact) mass is 376 g/mol. The van der Waals surface area contributed by atoms with Gasteiger partial charge in [-0.15, -0.1) is 0 Å². The molecule has 146 valence electrons. The molecular formula is C23H28N4O. The summed E-state index contributed by atoms with van der Waals surface area (Å²) in [5.41, 5.74) is 10.4. The maximum atomic E-state index is 12.7. The maximum absolute atomic E-state index is 12.7.